The third-order valence-electron chi connectivity index (χ3n) is 1.57. The minimum Gasteiger partial charge on any atom is -0.481 e. The Kier molecular flexibility index (Phi) is 3.40. The number of nitrogens with zero attached hydrogens (tertiary/aromatic N) is 1. The first kappa shape index (κ1) is 10.6. The van der Waals surface area contributed by atoms with E-state index in [2.05, 4.69) is 4.98 Å². The topological polar surface area (TPSA) is 22.1 Å². The number of hydrogen-bond donors (Lipinski definition) is 0. The van der Waals surface area contributed by atoms with Crippen molar-refractivity contribution in [2.75, 3.05) is 7.11 Å². The van der Waals surface area contributed by atoms with Crippen LogP contribution in [0.2, 0.25) is 0 Å². The highest BCUT2D eigenvalue weighted by atomic mass is 127. The van der Waals surface area contributed by atoms with Gasteiger partial charge in [0.1, 0.15) is 3.70 Å². The van der Waals surface area contributed by atoms with Crippen molar-refractivity contribution in [1.29, 1.82) is 0 Å². The molecule has 0 aliphatic rings. The molecule has 0 aliphatic carbocycles. The van der Waals surface area contributed by atoms with Gasteiger partial charge in [-0.3, -0.25) is 0 Å². The number of methoxy groups -OCH3 is 1. The molecule has 0 N–H and O–H groups in total. The molecule has 0 fully saturated rings. The molecule has 72 valence electrons. The largest absolute Gasteiger partial charge is 0.481 e. The first-order valence-corrected chi connectivity index (χ1v) is 4.63. The average molecular weight is 299 g/mol. The van der Waals surface area contributed by atoms with Crippen LogP contribution in [0, 0.1) is 10.6 Å². The summed E-state index contributed by atoms with van der Waals surface area (Å²) in [5.74, 6) is 0.00463. The van der Waals surface area contributed by atoms with Gasteiger partial charge in [-0.1, -0.05) is 0 Å². The fourth-order valence-corrected chi connectivity index (χ4v) is 1.29. The summed E-state index contributed by atoms with van der Waals surface area (Å²) in [6, 6.07) is 1.40. The molecular formula is C8H8F2INO. The first-order chi connectivity index (χ1) is 6.06. The van der Waals surface area contributed by atoms with Crippen LogP contribution in [0.15, 0.2) is 6.07 Å². The number of rotatable bonds is 2. The second kappa shape index (κ2) is 4.17. The van der Waals surface area contributed by atoms with E-state index in [0.29, 0.717) is 3.70 Å². The Labute approximate surface area is 88.5 Å². The third-order valence-corrected chi connectivity index (χ3v) is 2.66. The first-order valence-electron chi connectivity index (χ1n) is 3.55. The predicted molar refractivity (Wildman–Crippen MR) is 53.2 cm³/mol. The average Bonchev–Trinajstić information content (AvgIpc) is 2.08. The van der Waals surface area contributed by atoms with E-state index in [1.54, 1.807) is 6.92 Å². The van der Waals surface area contributed by atoms with E-state index < -0.39 is 6.43 Å². The van der Waals surface area contributed by atoms with Crippen molar-refractivity contribution in [1.82, 2.24) is 4.98 Å². The van der Waals surface area contributed by atoms with E-state index in [-0.39, 0.29) is 11.4 Å². The lowest BCUT2D eigenvalue weighted by molar-refractivity contribution is 0.146. The van der Waals surface area contributed by atoms with E-state index in [1.165, 1.54) is 13.2 Å². The molecule has 0 saturated heterocycles. The molecule has 0 saturated carbocycles. The molecule has 0 amide bonds. The molecule has 5 heteroatoms. The smallest absolute Gasteiger partial charge is 0.269 e. The fourth-order valence-electron chi connectivity index (χ4n) is 0.916. The lowest BCUT2D eigenvalue weighted by Gasteiger charge is -2.08. The van der Waals surface area contributed by atoms with Crippen molar-refractivity contribution < 1.29 is 13.5 Å². The van der Waals surface area contributed by atoms with Crippen LogP contribution >= 0.6 is 22.6 Å². The molecule has 1 aromatic rings. The van der Waals surface area contributed by atoms with Crippen LogP contribution in [0.25, 0.3) is 0 Å². The van der Waals surface area contributed by atoms with Crippen LogP contribution in [0.4, 0.5) is 8.78 Å². The summed E-state index contributed by atoms with van der Waals surface area (Å²) in [6.45, 7) is 1.74. The van der Waals surface area contributed by atoms with Crippen molar-refractivity contribution in [3.63, 3.8) is 0 Å². The zero-order valence-electron chi connectivity index (χ0n) is 7.14. The number of aromatic nitrogens is 1. The monoisotopic (exact) mass is 299 g/mol. The Morgan fingerprint density at radius 2 is 2.15 bits per heavy atom. The van der Waals surface area contributed by atoms with Crippen molar-refractivity contribution in [3.8, 4) is 5.88 Å². The second-order valence-electron chi connectivity index (χ2n) is 2.50. The van der Waals surface area contributed by atoms with E-state index in [9.17, 15) is 8.78 Å². The minimum absolute atomic E-state index is 0.00463. The second-order valence-corrected chi connectivity index (χ2v) is 3.52. The molecule has 0 bridgehead atoms. The van der Waals surface area contributed by atoms with Crippen LogP contribution in [0.1, 0.15) is 17.6 Å². The predicted octanol–water partition coefficient (Wildman–Crippen LogP) is 2.94. The van der Waals surface area contributed by atoms with Gasteiger partial charge in [-0.15, -0.1) is 0 Å². The standard InChI is InChI=1S/C8H8F2INO/c1-4-3-5(6(9)10)8(13-2)12-7(4)11/h3,6H,1-2H3. The van der Waals surface area contributed by atoms with E-state index >= 15 is 0 Å². The zero-order chi connectivity index (χ0) is 10.0. The third kappa shape index (κ3) is 2.26. The van der Waals surface area contributed by atoms with Crippen molar-refractivity contribution >= 4 is 22.6 Å². The molecule has 0 atom stereocenters. The van der Waals surface area contributed by atoms with Crippen LogP contribution in [0.5, 0.6) is 5.88 Å². The van der Waals surface area contributed by atoms with Gasteiger partial charge in [-0.2, -0.15) is 0 Å². The van der Waals surface area contributed by atoms with Crippen molar-refractivity contribution in [2.24, 2.45) is 0 Å². The minimum atomic E-state index is -2.54. The molecular weight excluding hydrogens is 291 g/mol. The zero-order valence-corrected chi connectivity index (χ0v) is 9.30. The molecule has 0 radical (unpaired) electrons. The quantitative estimate of drug-likeness (QED) is 0.619. The van der Waals surface area contributed by atoms with Gasteiger partial charge in [-0.05, 0) is 41.1 Å². The number of ether oxygens (including phenoxy) is 1. The molecule has 0 unspecified atom stereocenters. The molecule has 0 spiro atoms. The Hall–Kier alpha value is -0.460. The summed E-state index contributed by atoms with van der Waals surface area (Å²) in [6.07, 6.45) is -2.54. The van der Waals surface area contributed by atoms with Gasteiger partial charge in [-0.25, -0.2) is 13.8 Å². The fraction of sp³-hybridized carbons (Fsp3) is 0.375. The maximum absolute atomic E-state index is 12.4. The Morgan fingerprint density at radius 3 is 2.62 bits per heavy atom. The number of halogens is 3. The van der Waals surface area contributed by atoms with Crippen LogP contribution < -0.4 is 4.74 Å². The molecule has 13 heavy (non-hydrogen) atoms. The van der Waals surface area contributed by atoms with Gasteiger partial charge < -0.3 is 4.74 Å². The number of alkyl halides is 2. The van der Waals surface area contributed by atoms with Gasteiger partial charge in [0.25, 0.3) is 6.43 Å². The number of hydrogen-bond acceptors (Lipinski definition) is 2. The van der Waals surface area contributed by atoms with Gasteiger partial charge in [0.15, 0.2) is 0 Å². The van der Waals surface area contributed by atoms with Gasteiger partial charge in [0.05, 0.1) is 12.7 Å². The molecule has 0 aromatic carbocycles. The van der Waals surface area contributed by atoms with Gasteiger partial charge in [0.2, 0.25) is 5.88 Å². The molecule has 1 heterocycles. The summed E-state index contributed by atoms with van der Waals surface area (Å²) < 4.78 is 30.2. The Morgan fingerprint density at radius 1 is 1.54 bits per heavy atom. The molecule has 2 nitrogen and oxygen atoms in total. The molecule has 1 rings (SSSR count). The van der Waals surface area contributed by atoms with Crippen LogP contribution in [0.3, 0.4) is 0 Å². The summed E-state index contributed by atoms with van der Waals surface area (Å²) in [5, 5.41) is 0. The van der Waals surface area contributed by atoms with E-state index in [1.807, 2.05) is 22.6 Å². The SMILES string of the molecule is COc1nc(I)c(C)cc1C(F)F. The van der Waals surface area contributed by atoms with E-state index in [4.69, 9.17) is 4.74 Å². The maximum atomic E-state index is 12.4. The number of pyridine rings is 1. The lowest BCUT2D eigenvalue weighted by atomic mass is 10.2. The van der Waals surface area contributed by atoms with E-state index in [0.717, 1.165) is 5.56 Å². The van der Waals surface area contributed by atoms with Gasteiger partial charge in [0, 0.05) is 0 Å². The summed E-state index contributed by atoms with van der Waals surface area (Å²) >= 11 is 1.98. The highest BCUT2D eigenvalue weighted by Gasteiger charge is 2.16. The molecule has 0 aliphatic heterocycles. The van der Waals surface area contributed by atoms with Crippen LogP contribution in [-0.2, 0) is 0 Å². The number of aryl methyl sites for hydroxylation is 1. The highest BCUT2D eigenvalue weighted by molar-refractivity contribution is 14.1. The normalized spacial score (nSPS) is 10.6. The van der Waals surface area contributed by atoms with Crippen molar-refractivity contribution in [3.05, 3.63) is 20.9 Å². The molecule has 1 aromatic heterocycles. The summed E-state index contributed by atoms with van der Waals surface area (Å²) in [5.41, 5.74) is 0.581. The maximum Gasteiger partial charge on any atom is 0.269 e. The lowest BCUT2D eigenvalue weighted by Crippen LogP contribution is -1.99. The summed E-state index contributed by atoms with van der Waals surface area (Å²) in [4.78, 5) is 3.90. The Bertz CT molecular complexity index is 317. The van der Waals surface area contributed by atoms with Crippen molar-refractivity contribution in [2.45, 2.75) is 13.3 Å². The van der Waals surface area contributed by atoms with Gasteiger partial charge >= 0.3 is 0 Å². The summed E-state index contributed by atoms with van der Waals surface area (Å²) in [7, 11) is 1.33. The Balaban J connectivity index is 3.25. The van der Waals surface area contributed by atoms with Crippen LogP contribution in [-0.4, -0.2) is 12.1 Å². The highest BCUT2D eigenvalue weighted by Crippen LogP contribution is 2.29.